The van der Waals surface area contributed by atoms with E-state index in [1.54, 1.807) is 6.20 Å². The first-order chi connectivity index (χ1) is 9.20. The fourth-order valence-electron chi connectivity index (χ4n) is 2.24. The van der Waals surface area contributed by atoms with Gasteiger partial charge >= 0.3 is 0 Å². The lowest BCUT2D eigenvalue weighted by molar-refractivity contribution is 0.264. The third kappa shape index (κ3) is 3.65. The summed E-state index contributed by atoms with van der Waals surface area (Å²) in [5.41, 5.74) is 3.69. The Morgan fingerprint density at radius 3 is 2.26 bits per heavy atom. The van der Waals surface area contributed by atoms with Crippen LogP contribution in [0.1, 0.15) is 42.4 Å². The zero-order valence-electron chi connectivity index (χ0n) is 11.6. The van der Waals surface area contributed by atoms with Crippen molar-refractivity contribution in [1.82, 2.24) is 4.98 Å². The van der Waals surface area contributed by atoms with E-state index < -0.39 is 0 Å². The number of pyridine rings is 1. The topological polar surface area (TPSA) is 33.1 Å². The molecule has 0 aliphatic heterocycles. The van der Waals surface area contributed by atoms with Gasteiger partial charge in [0.15, 0.2) is 0 Å². The van der Waals surface area contributed by atoms with E-state index in [0.717, 1.165) is 12.0 Å². The molecule has 0 saturated heterocycles. The summed E-state index contributed by atoms with van der Waals surface area (Å²) < 4.78 is 0. The van der Waals surface area contributed by atoms with Crippen LogP contribution in [0.5, 0.6) is 0 Å². The molecule has 0 spiro atoms. The molecule has 1 aromatic heterocycles. The molecule has 0 amide bonds. The quantitative estimate of drug-likeness (QED) is 0.886. The van der Waals surface area contributed by atoms with Gasteiger partial charge in [0, 0.05) is 18.3 Å². The summed E-state index contributed by atoms with van der Waals surface area (Å²) in [4.78, 5) is 4.12. The van der Waals surface area contributed by atoms with Gasteiger partial charge in [-0.25, -0.2) is 0 Å². The molecular formula is C17H21NO. The highest BCUT2D eigenvalue weighted by Gasteiger charge is 2.11. The van der Waals surface area contributed by atoms with Gasteiger partial charge in [-0.2, -0.15) is 0 Å². The Morgan fingerprint density at radius 1 is 1.05 bits per heavy atom. The van der Waals surface area contributed by atoms with E-state index >= 15 is 0 Å². The number of rotatable bonds is 5. The minimum atomic E-state index is 0.144. The molecule has 1 atom stereocenters. The van der Waals surface area contributed by atoms with Crippen LogP contribution in [0.2, 0.25) is 0 Å². The third-order valence-electron chi connectivity index (χ3n) is 3.50. The molecule has 0 fully saturated rings. The van der Waals surface area contributed by atoms with E-state index in [0.29, 0.717) is 5.92 Å². The molecule has 0 aliphatic rings. The van der Waals surface area contributed by atoms with E-state index in [9.17, 15) is 5.11 Å². The number of aliphatic hydroxyl groups is 1. The number of hydrogen-bond acceptors (Lipinski definition) is 2. The minimum Gasteiger partial charge on any atom is -0.396 e. The molecule has 0 saturated carbocycles. The van der Waals surface area contributed by atoms with Crippen molar-refractivity contribution in [2.24, 2.45) is 0 Å². The predicted octanol–water partition coefficient (Wildman–Crippen LogP) is 3.52. The van der Waals surface area contributed by atoms with Crippen molar-refractivity contribution >= 4 is 0 Å². The van der Waals surface area contributed by atoms with E-state index in [1.165, 1.54) is 11.1 Å². The molecule has 1 unspecified atom stereocenters. The van der Waals surface area contributed by atoms with Gasteiger partial charge in [0.2, 0.25) is 0 Å². The largest absolute Gasteiger partial charge is 0.396 e. The molecule has 0 bridgehead atoms. The van der Waals surface area contributed by atoms with Gasteiger partial charge in [0.1, 0.15) is 0 Å². The van der Waals surface area contributed by atoms with Crippen LogP contribution in [0.4, 0.5) is 0 Å². The molecule has 2 nitrogen and oxygen atoms in total. The smallest absolute Gasteiger partial charge is 0.0502 e. The summed E-state index contributed by atoms with van der Waals surface area (Å²) >= 11 is 0. The van der Waals surface area contributed by atoms with E-state index in [4.69, 9.17) is 0 Å². The van der Waals surface area contributed by atoms with Crippen LogP contribution < -0.4 is 0 Å². The van der Waals surface area contributed by atoms with Crippen molar-refractivity contribution in [2.75, 3.05) is 6.61 Å². The van der Waals surface area contributed by atoms with Crippen LogP contribution in [-0.4, -0.2) is 16.7 Å². The maximum atomic E-state index is 9.60. The van der Waals surface area contributed by atoms with Crippen LogP contribution in [0.15, 0.2) is 48.8 Å². The van der Waals surface area contributed by atoms with Crippen LogP contribution in [0.3, 0.4) is 0 Å². The number of aliphatic hydroxyl groups excluding tert-OH is 1. The Morgan fingerprint density at radius 2 is 1.74 bits per heavy atom. The molecule has 2 rings (SSSR count). The maximum absolute atomic E-state index is 9.60. The third-order valence-corrected chi connectivity index (χ3v) is 3.50. The van der Waals surface area contributed by atoms with Crippen molar-refractivity contribution in [3.8, 4) is 0 Å². The standard InChI is InChI=1S/C17H21NO/c1-13(2)15-5-7-16(8-6-15)17(12-19)10-14-4-3-9-18-11-14/h3-9,11,13,17,19H,10,12H2,1-2H3. The first-order valence-electron chi connectivity index (χ1n) is 6.80. The second-order valence-corrected chi connectivity index (χ2v) is 5.27. The van der Waals surface area contributed by atoms with Crippen LogP contribution in [0, 0.1) is 0 Å². The Labute approximate surface area is 115 Å². The van der Waals surface area contributed by atoms with Crippen molar-refractivity contribution < 1.29 is 5.11 Å². The Kier molecular flexibility index (Phi) is 4.69. The number of aromatic nitrogens is 1. The molecule has 2 heteroatoms. The predicted molar refractivity (Wildman–Crippen MR) is 78.3 cm³/mol. The number of hydrogen-bond donors (Lipinski definition) is 1. The van der Waals surface area contributed by atoms with Gasteiger partial charge < -0.3 is 5.11 Å². The first-order valence-corrected chi connectivity index (χ1v) is 6.80. The average molecular weight is 255 g/mol. The van der Waals surface area contributed by atoms with Gasteiger partial charge in [-0.3, -0.25) is 4.98 Å². The SMILES string of the molecule is CC(C)c1ccc(C(CO)Cc2cccnc2)cc1. The van der Waals surface area contributed by atoms with Gasteiger partial charge in [-0.15, -0.1) is 0 Å². The van der Waals surface area contributed by atoms with Gasteiger partial charge in [0.25, 0.3) is 0 Å². The molecule has 100 valence electrons. The molecular weight excluding hydrogens is 234 g/mol. The Hall–Kier alpha value is -1.67. The summed E-state index contributed by atoms with van der Waals surface area (Å²) in [7, 11) is 0. The highest BCUT2D eigenvalue weighted by molar-refractivity contribution is 5.28. The monoisotopic (exact) mass is 255 g/mol. The second kappa shape index (κ2) is 6.48. The van der Waals surface area contributed by atoms with Gasteiger partial charge in [-0.1, -0.05) is 44.2 Å². The first kappa shape index (κ1) is 13.8. The second-order valence-electron chi connectivity index (χ2n) is 5.27. The lowest BCUT2D eigenvalue weighted by atomic mass is 9.91. The molecule has 2 aromatic rings. The minimum absolute atomic E-state index is 0.144. The molecule has 1 heterocycles. The normalized spacial score (nSPS) is 12.6. The highest BCUT2D eigenvalue weighted by atomic mass is 16.3. The fourth-order valence-corrected chi connectivity index (χ4v) is 2.24. The van der Waals surface area contributed by atoms with Crippen LogP contribution in [-0.2, 0) is 6.42 Å². The molecule has 19 heavy (non-hydrogen) atoms. The fraction of sp³-hybridized carbons (Fsp3) is 0.353. The zero-order chi connectivity index (χ0) is 13.7. The van der Waals surface area contributed by atoms with Crippen LogP contribution >= 0.6 is 0 Å². The van der Waals surface area contributed by atoms with Crippen molar-refractivity contribution in [2.45, 2.75) is 32.1 Å². The summed E-state index contributed by atoms with van der Waals surface area (Å²) in [5.74, 6) is 0.686. The van der Waals surface area contributed by atoms with Crippen LogP contribution in [0.25, 0.3) is 0 Å². The van der Waals surface area contributed by atoms with E-state index in [2.05, 4.69) is 49.2 Å². The maximum Gasteiger partial charge on any atom is 0.0502 e. The lowest BCUT2D eigenvalue weighted by Crippen LogP contribution is -2.08. The highest BCUT2D eigenvalue weighted by Crippen LogP contribution is 2.23. The Bertz CT molecular complexity index is 490. The Balaban J connectivity index is 2.13. The summed E-state index contributed by atoms with van der Waals surface area (Å²) in [6.07, 6.45) is 4.46. The lowest BCUT2D eigenvalue weighted by Gasteiger charge is -2.15. The molecule has 0 aliphatic carbocycles. The molecule has 1 N–H and O–H groups in total. The van der Waals surface area contributed by atoms with E-state index in [-0.39, 0.29) is 12.5 Å². The van der Waals surface area contributed by atoms with Gasteiger partial charge in [0.05, 0.1) is 6.61 Å². The molecule has 0 radical (unpaired) electrons. The summed E-state index contributed by atoms with van der Waals surface area (Å²) in [5, 5.41) is 9.60. The average Bonchev–Trinajstić information content (AvgIpc) is 2.46. The summed E-state index contributed by atoms with van der Waals surface area (Å²) in [6, 6.07) is 12.6. The molecule has 1 aromatic carbocycles. The summed E-state index contributed by atoms with van der Waals surface area (Å²) in [6.45, 7) is 4.54. The van der Waals surface area contributed by atoms with Crippen molar-refractivity contribution in [3.63, 3.8) is 0 Å². The number of benzene rings is 1. The van der Waals surface area contributed by atoms with Crippen molar-refractivity contribution in [3.05, 3.63) is 65.5 Å². The number of nitrogens with zero attached hydrogens (tertiary/aromatic N) is 1. The zero-order valence-corrected chi connectivity index (χ0v) is 11.6. The van der Waals surface area contributed by atoms with Crippen molar-refractivity contribution in [1.29, 1.82) is 0 Å². The van der Waals surface area contributed by atoms with E-state index in [1.807, 2.05) is 12.3 Å². The van der Waals surface area contributed by atoms with Gasteiger partial charge in [-0.05, 0) is 35.1 Å².